The fourth-order valence-electron chi connectivity index (χ4n) is 1.40. The van der Waals surface area contributed by atoms with Gasteiger partial charge in [0.2, 0.25) is 0 Å². The van der Waals surface area contributed by atoms with Gasteiger partial charge in [0, 0.05) is 18.9 Å². The normalized spacial score (nSPS) is 10.5. The molecule has 0 spiro atoms. The maximum absolute atomic E-state index is 5.57. The zero-order valence-corrected chi connectivity index (χ0v) is 10.2. The summed E-state index contributed by atoms with van der Waals surface area (Å²) >= 11 is 0. The number of hydrogen-bond donors (Lipinski definition) is 1. The van der Waals surface area contributed by atoms with E-state index in [4.69, 9.17) is 5.73 Å². The zero-order chi connectivity index (χ0) is 11.7. The molecule has 1 heterocycles. The van der Waals surface area contributed by atoms with Crippen molar-refractivity contribution in [2.45, 2.75) is 40.5 Å². The predicted octanol–water partition coefficient (Wildman–Crippen LogP) is 3.76. The van der Waals surface area contributed by atoms with Crippen LogP contribution in [0.3, 0.4) is 0 Å². The third-order valence-electron chi connectivity index (χ3n) is 2.07. The Bertz CT molecular complexity index is 309. The lowest BCUT2D eigenvalue weighted by Gasteiger charge is -2.07. The second-order valence-electron chi connectivity index (χ2n) is 3.08. The highest BCUT2D eigenvalue weighted by Gasteiger charge is 2.03. The third-order valence-corrected chi connectivity index (χ3v) is 2.07. The van der Waals surface area contributed by atoms with Gasteiger partial charge < -0.3 is 5.73 Å². The lowest BCUT2D eigenvalue weighted by Crippen LogP contribution is -1.94. The summed E-state index contributed by atoms with van der Waals surface area (Å²) in [6.45, 7) is 8.16. The number of pyridine rings is 1. The number of hydrogen-bond acceptors (Lipinski definition) is 2. The standard InChI is InChI=1S/C11H16N2.C2H6.H2/c1-3-5-10(8-12)11-6-4-7-13-9(11)2;1-2;/h4,6-8H,3,5,12H2,1-2H3;1-2H3;1H/b10-8-;;. The highest BCUT2D eigenvalue weighted by molar-refractivity contribution is 5.66. The molecule has 0 saturated heterocycles. The highest BCUT2D eigenvalue weighted by atomic mass is 14.7. The molecule has 15 heavy (non-hydrogen) atoms. The molecule has 0 radical (unpaired) electrons. The molecule has 0 aromatic carbocycles. The number of aryl methyl sites for hydroxylation is 1. The molecular weight excluding hydrogens is 184 g/mol. The fraction of sp³-hybridized carbons (Fsp3) is 0.462. The van der Waals surface area contributed by atoms with Crippen LogP contribution in [0.2, 0.25) is 0 Å². The SMILES string of the molecule is CC.CCC/C(=C/N)c1cccnc1C.[HH]. The van der Waals surface area contributed by atoms with E-state index in [-0.39, 0.29) is 1.43 Å². The summed E-state index contributed by atoms with van der Waals surface area (Å²) in [5.74, 6) is 0. The Morgan fingerprint density at radius 3 is 2.67 bits per heavy atom. The molecule has 0 aliphatic heterocycles. The van der Waals surface area contributed by atoms with Crippen molar-refractivity contribution in [3.8, 4) is 0 Å². The van der Waals surface area contributed by atoms with E-state index in [1.54, 1.807) is 12.4 Å². The largest absolute Gasteiger partial charge is 0.404 e. The lowest BCUT2D eigenvalue weighted by molar-refractivity contribution is 0.966. The van der Waals surface area contributed by atoms with Crippen molar-refractivity contribution in [2.75, 3.05) is 0 Å². The first-order chi connectivity index (χ1) is 7.29. The van der Waals surface area contributed by atoms with Crippen molar-refractivity contribution in [2.24, 2.45) is 5.73 Å². The van der Waals surface area contributed by atoms with E-state index in [2.05, 4.69) is 18.0 Å². The van der Waals surface area contributed by atoms with E-state index in [0.717, 1.165) is 18.5 Å². The Balaban J connectivity index is 0. The average molecular weight is 208 g/mol. The molecule has 1 aromatic rings. The van der Waals surface area contributed by atoms with Crippen LogP contribution in [0.15, 0.2) is 24.5 Å². The summed E-state index contributed by atoms with van der Waals surface area (Å²) in [5, 5.41) is 0. The summed E-state index contributed by atoms with van der Waals surface area (Å²) < 4.78 is 0. The maximum atomic E-state index is 5.57. The second-order valence-corrected chi connectivity index (χ2v) is 3.08. The van der Waals surface area contributed by atoms with Crippen LogP contribution in [0, 0.1) is 6.92 Å². The molecule has 0 saturated carbocycles. The van der Waals surface area contributed by atoms with Crippen molar-refractivity contribution >= 4 is 5.57 Å². The van der Waals surface area contributed by atoms with E-state index < -0.39 is 0 Å². The number of allylic oxidation sites excluding steroid dienone is 1. The van der Waals surface area contributed by atoms with Gasteiger partial charge in [-0.15, -0.1) is 0 Å². The van der Waals surface area contributed by atoms with E-state index in [1.165, 1.54) is 11.1 Å². The van der Waals surface area contributed by atoms with Gasteiger partial charge in [-0.1, -0.05) is 33.3 Å². The number of aromatic nitrogens is 1. The number of nitrogens with zero attached hydrogens (tertiary/aromatic N) is 1. The highest BCUT2D eigenvalue weighted by Crippen LogP contribution is 2.20. The van der Waals surface area contributed by atoms with Gasteiger partial charge in [-0.3, -0.25) is 4.98 Å². The molecule has 2 nitrogen and oxygen atoms in total. The molecular formula is C13H24N2. The zero-order valence-electron chi connectivity index (χ0n) is 10.2. The van der Waals surface area contributed by atoms with Crippen LogP contribution < -0.4 is 5.73 Å². The quantitative estimate of drug-likeness (QED) is 0.821. The van der Waals surface area contributed by atoms with E-state index in [9.17, 15) is 0 Å². The molecule has 2 heteroatoms. The molecule has 0 unspecified atom stereocenters. The summed E-state index contributed by atoms with van der Waals surface area (Å²) in [4.78, 5) is 4.23. The third kappa shape index (κ3) is 4.15. The first kappa shape index (κ1) is 13.7. The smallest absolute Gasteiger partial charge is 0.0448 e. The minimum Gasteiger partial charge on any atom is -0.404 e. The molecule has 0 aliphatic carbocycles. The molecule has 0 bridgehead atoms. The van der Waals surface area contributed by atoms with Gasteiger partial charge in [0.25, 0.3) is 0 Å². The Morgan fingerprint density at radius 2 is 2.20 bits per heavy atom. The van der Waals surface area contributed by atoms with Crippen LogP contribution in [0.5, 0.6) is 0 Å². The van der Waals surface area contributed by atoms with Crippen LogP contribution in [0.1, 0.15) is 46.3 Å². The minimum atomic E-state index is 0. The van der Waals surface area contributed by atoms with E-state index in [1.807, 2.05) is 26.8 Å². The summed E-state index contributed by atoms with van der Waals surface area (Å²) in [6, 6.07) is 4.01. The summed E-state index contributed by atoms with van der Waals surface area (Å²) in [7, 11) is 0. The van der Waals surface area contributed by atoms with Gasteiger partial charge in [0.05, 0.1) is 0 Å². The van der Waals surface area contributed by atoms with Gasteiger partial charge in [-0.25, -0.2) is 0 Å². The Kier molecular flexibility index (Phi) is 7.33. The van der Waals surface area contributed by atoms with Crippen LogP contribution in [-0.2, 0) is 0 Å². The fourth-order valence-corrected chi connectivity index (χ4v) is 1.40. The Hall–Kier alpha value is -1.31. The number of rotatable bonds is 3. The molecule has 1 aromatic heterocycles. The topological polar surface area (TPSA) is 38.9 Å². The van der Waals surface area contributed by atoms with Crippen molar-refractivity contribution in [3.63, 3.8) is 0 Å². The van der Waals surface area contributed by atoms with Crippen molar-refractivity contribution < 1.29 is 1.43 Å². The molecule has 0 aliphatic rings. The molecule has 86 valence electrons. The first-order valence-electron chi connectivity index (χ1n) is 5.62. The Morgan fingerprint density at radius 1 is 1.53 bits per heavy atom. The minimum absolute atomic E-state index is 0. The van der Waals surface area contributed by atoms with Gasteiger partial charge in [0.1, 0.15) is 0 Å². The van der Waals surface area contributed by atoms with Crippen LogP contribution in [0.4, 0.5) is 0 Å². The maximum Gasteiger partial charge on any atom is 0.0448 e. The van der Waals surface area contributed by atoms with Crippen molar-refractivity contribution in [3.05, 3.63) is 35.8 Å². The lowest BCUT2D eigenvalue weighted by atomic mass is 10.0. The molecule has 0 fully saturated rings. The predicted molar refractivity (Wildman–Crippen MR) is 69.5 cm³/mol. The van der Waals surface area contributed by atoms with E-state index >= 15 is 0 Å². The van der Waals surface area contributed by atoms with Gasteiger partial charge in [0.15, 0.2) is 0 Å². The van der Waals surface area contributed by atoms with Crippen LogP contribution in [-0.4, -0.2) is 4.98 Å². The first-order valence-corrected chi connectivity index (χ1v) is 5.62. The average Bonchev–Trinajstić information content (AvgIpc) is 2.30. The second kappa shape index (κ2) is 8.04. The van der Waals surface area contributed by atoms with Crippen molar-refractivity contribution in [1.29, 1.82) is 0 Å². The van der Waals surface area contributed by atoms with Crippen molar-refractivity contribution in [1.82, 2.24) is 4.98 Å². The van der Waals surface area contributed by atoms with Gasteiger partial charge in [-0.05, 0) is 31.2 Å². The number of nitrogens with two attached hydrogens (primary N) is 1. The summed E-state index contributed by atoms with van der Waals surface area (Å²) in [6.07, 6.45) is 5.62. The Labute approximate surface area is 94.7 Å². The molecule has 0 amide bonds. The summed E-state index contributed by atoms with van der Waals surface area (Å²) in [5.41, 5.74) is 8.98. The van der Waals surface area contributed by atoms with Gasteiger partial charge in [-0.2, -0.15) is 0 Å². The monoisotopic (exact) mass is 208 g/mol. The molecule has 0 atom stereocenters. The van der Waals surface area contributed by atoms with E-state index in [0.29, 0.717) is 0 Å². The molecule has 2 N–H and O–H groups in total. The van der Waals surface area contributed by atoms with Crippen LogP contribution >= 0.6 is 0 Å². The van der Waals surface area contributed by atoms with Gasteiger partial charge >= 0.3 is 0 Å². The van der Waals surface area contributed by atoms with Crippen LogP contribution in [0.25, 0.3) is 5.57 Å². The molecule has 1 rings (SSSR count).